The summed E-state index contributed by atoms with van der Waals surface area (Å²) in [6.45, 7) is 1.99. The van der Waals surface area contributed by atoms with Crippen LogP contribution in [0.25, 0.3) is 0 Å². The molecule has 86 valence electrons. The molecule has 1 amide bonds. The first-order chi connectivity index (χ1) is 7.65. The molecule has 0 atom stereocenters. The Balaban J connectivity index is 2.66. The summed E-state index contributed by atoms with van der Waals surface area (Å²) in [7, 11) is 0. The summed E-state index contributed by atoms with van der Waals surface area (Å²) in [4.78, 5) is 10.9. The minimum absolute atomic E-state index is 0.286. The molecule has 1 aromatic rings. The van der Waals surface area contributed by atoms with E-state index >= 15 is 0 Å². The molecule has 0 aliphatic heterocycles. The Morgan fingerprint density at radius 2 is 2.12 bits per heavy atom. The third-order valence-corrected chi connectivity index (χ3v) is 2.28. The van der Waals surface area contributed by atoms with Gasteiger partial charge in [0.15, 0.2) is 0 Å². The number of hydrogen-bond acceptors (Lipinski definition) is 3. The average Bonchev–Trinajstić information content (AvgIpc) is 2.23. The van der Waals surface area contributed by atoms with Crippen molar-refractivity contribution in [2.75, 3.05) is 6.61 Å². The van der Waals surface area contributed by atoms with Gasteiger partial charge in [0.25, 0.3) is 0 Å². The van der Waals surface area contributed by atoms with Gasteiger partial charge in [0.2, 0.25) is 0 Å². The van der Waals surface area contributed by atoms with Crippen molar-refractivity contribution in [3.05, 3.63) is 33.8 Å². The quantitative estimate of drug-likeness (QED) is 0.671. The van der Waals surface area contributed by atoms with Gasteiger partial charge >= 0.3 is 6.09 Å². The van der Waals surface area contributed by atoms with E-state index in [-0.39, 0.29) is 6.61 Å². The first-order valence-electron chi connectivity index (χ1n) is 4.55. The van der Waals surface area contributed by atoms with Crippen molar-refractivity contribution in [3.8, 4) is 0 Å². The van der Waals surface area contributed by atoms with Crippen LogP contribution in [0.4, 0.5) is 4.79 Å². The zero-order valence-corrected chi connectivity index (χ0v) is 10.0. The van der Waals surface area contributed by atoms with E-state index < -0.39 is 6.09 Å². The third-order valence-electron chi connectivity index (χ3n) is 1.62. The second-order valence-electron chi connectivity index (χ2n) is 2.73. The van der Waals surface area contributed by atoms with Crippen LogP contribution in [0, 0.1) is 0 Å². The highest BCUT2D eigenvalue weighted by atomic mass is 35.5. The molecule has 0 fully saturated rings. The predicted molar refractivity (Wildman–Crippen MR) is 64.2 cm³/mol. The molecule has 4 nitrogen and oxygen atoms in total. The Kier molecular flexibility index (Phi) is 5.08. The maximum Gasteiger partial charge on any atom is 0.427 e. The Bertz CT molecular complexity index is 388. The highest BCUT2D eigenvalue weighted by Gasteiger charge is 2.02. The topological polar surface area (TPSA) is 50.7 Å². The van der Waals surface area contributed by atoms with Crippen LogP contribution in [0.5, 0.6) is 0 Å². The summed E-state index contributed by atoms with van der Waals surface area (Å²) in [6.07, 6.45) is 0.739. The summed E-state index contributed by atoms with van der Waals surface area (Å²) in [5, 5.41) is 4.58. The molecule has 0 unspecified atom stereocenters. The summed E-state index contributed by atoms with van der Waals surface area (Å²) >= 11 is 11.8. The molecule has 0 radical (unpaired) electrons. The minimum Gasteiger partial charge on any atom is -0.449 e. The smallest absolute Gasteiger partial charge is 0.427 e. The van der Waals surface area contributed by atoms with Crippen LogP contribution in [-0.2, 0) is 4.74 Å². The number of hydrogen-bond donors (Lipinski definition) is 1. The molecule has 0 spiro atoms. The summed E-state index contributed by atoms with van der Waals surface area (Å²) in [6, 6.07) is 5.08. The second-order valence-corrected chi connectivity index (χ2v) is 3.54. The van der Waals surface area contributed by atoms with Gasteiger partial charge in [-0.25, -0.2) is 10.2 Å². The molecule has 0 aliphatic rings. The van der Waals surface area contributed by atoms with Crippen LogP contribution in [0.3, 0.4) is 0 Å². The Hall–Kier alpha value is -1.26. The Morgan fingerprint density at radius 1 is 1.50 bits per heavy atom. The number of carbonyl (C=O) groups is 1. The maximum atomic E-state index is 10.9. The van der Waals surface area contributed by atoms with Crippen molar-refractivity contribution in [1.82, 2.24) is 5.43 Å². The van der Waals surface area contributed by atoms with E-state index in [1.807, 2.05) is 0 Å². The van der Waals surface area contributed by atoms with Crippen molar-refractivity contribution in [2.45, 2.75) is 6.92 Å². The van der Waals surface area contributed by atoms with Crippen LogP contribution in [0.1, 0.15) is 12.5 Å². The fourth-order valence-electron chi connectivity index (χ4n) is 0.947. The zero-order chi connectivity index (χ0) is 12.0. The highest BCUT2D eigenvalue weighted by molar-refractivity contribution is 6.38. The van der Waals surface area contributed by atoms with E-state index in [2.05, 4.69) is 15.3 Å². The lowest BCUT2D eigenvalue weighted by molar-refractivity contribution is 0.152. The standard InChI is InChI=1S/C10H10Cl2N2O2/c1-2-16-10(15)14-13-6-7-8(11)4-3-5-9(7)12/h3-6H,2H2,1H3,(H,14,15). The molecule has 0 aliphatic carbocycles. The van der Waals surface area contributed by atoms with Gasteiger partial charge < -0.3 is 4.74 Å². The van der Waals surface area contributed by atoms with Crippen molar-refractivity contribution < 1.29 is 9.53 Å². The molecular weight excluding hydrogens is 251 g/mol. The van der Waals surface area contributed by atoms with Gasteiger partial charge in [-0.1, -0.05) is 29.3 Å². The van der Waals surface area contributed by atoms with Crippen LogP contribution >= 0.6 is 23.2 Å². The number of rotatable bonds is 3. The van der Waals surface area contributed by atoms with E-state index in [0.717, 1.165) is 0 Å². The number of halogens is 2. The minimum atomic E-state index is -0.623. The summed E-state index contributed by atoms with van der Waals surface area (Å²) in [5.41, 5.74) is 2.72. The number of nitrogens with zero attached hydrogens (tertiary/aromatic N) is 1. The van der Waals surface area contributed by atoms with Gasteiger partial charge in [0.05, 0.1) is 22.9 Å². The van der Waals surface area contributed by atoms with Crippen molar-refractivity contribution in [1.29, 1.82) is 0 Å². The largest absolute Gasteiger partial charge is 0.449 e. The molecule has 0 aromatic heterocycles. The number of hydrazone groups is 1. The van der Waals surface area contributed by atoms with Gasteiger partial charge in [0.1, 0.15) is 0 Å². The molecule has 0 heterocycles. The number of amides is 1. The van der Waals surface area contributed by atoms with E-state index in [9.17, 15) is 4.79 Å². The van der Waals surface area contributed by atoms with Gasteiger partial charge in [0, 0.05) is 5.56 Å². The molecular formula is C10H10Cl2N2O2. The second kappa shape index (κ2) is 6.35. The highest BCUT2D eigenvalue weighted by Crippen LogP contribution is 2.21. The fourth-order valence-corrected chi connectivity index (χ4v) is 1.44. The Labute approximate surface area is 103 Å². The molecule has 1 aromatic carbocycles. The number of benzene rings is 1. The van der Waals surface area contributed by atoms with Gasteiger partial charge in [-0.3, -0.25) is 0 Å². The Morgan fingerprint density at radius 3 is 2.69 bits per heavy atom. The monoisotopic (exact) mass is 260 g/mol. The first kappa shape index (κ1) is 12.8. The van der Waals surface area contributed by atoms with E-state index in [4.69, 9.17) is 23.2 Å². The molecule has 0 bridgehead atoms. The van der Waals surface area contributed by atoms with Crippen LogP contribution in [0.15, 0.2) is 23.3 Å². The number of ether oxygens (including phenoxy) is 1. The molecule has 6 heteroatoms. The molecule has 16 heavy (non-hydrogen) atoms. The van der Waals surface area contributed by atoms with Crippen molar-refractivity contribution in [3.63, 3.8) is 0 Å². The third kappa shape index (κ3) is 3.72. The zero-order valence-electron chi connectivity index (χ0n) is 8.54. The number of carbonyl (C=O) groups excluding carboxylic acids is 1. The molecule has 1 rings (SSSR count). The summed E-state index contributed by atoms with van der Waals surface area (Å²) in [5.74, 6) is 0. The van der Waals surface area contributed by atoms with Gasteiger partial charge in [-0.05, 0) is 19.1 Å². The van der Waals surface area contributed by atoms with Crippen LogP contribution in [0.2, 0.25) is 10.0 Å². The summed E-state index contributed by atoms with van der Waals surface area (Å²) < 4.78 is 4.61. The van der Waals surface area contributed by atoms with Gasteiger partial charge in [-0.2, -0.15) is 5.10 Å². The van der Waals surface area contributed by atoms with Gasteiger partial charge in [-0.15, -0.1) is 0 Å². The molecule has 1 N–H and O–H groups in total. The van der Waals surface area contributed by atoms with E-state index in [1.54, 1.807) is 25.1 Å². The SMILES string of the molecule is CCOC(=O)NN=Cc1c(Cl)cccc1Cl. The van der Waals surface area contributed by atoms with Crippen molar-refractivity contribution in [2.24, 2.45) is 5.10 Å². The first-order valence-corrected chi connectivity index (χ1v) is 5.30. The maximum absolute atomic E-state index is 10.9. The fraction of sp³-hybridized carbons (Fsp3) is 0.200. The van der Waals surface area contributed by atoms with E-state index in [1.165, 1.54) is 6.21 Å². The van der Waals surface area contributed by atoms with E-state index in [0.29, 0.717) is 15.6 Å². The van der Waals surface area contributed by atoms with Crippen LogP contribution in [-0.4, -0.2) is 18.9 Å². The van der Waals surface area contributed by atoms with Crippen LogP contribution < -0.4 is 5.43 Å². The normalized spacial score (nSPS) is 10.4. The average molecular weight is 261 g/mol. The lowest BCUT2D eigenvalue weighted by Gasteiger charge is -2.01. The number of nitrogens with one attached hydrogen (secondary N) is 1. The predicted octanol–water partition coefficient (Wildman–Crippen LogP) is 3.07. The molecule has 0 saturated carbocycles. The lowest BCUT2D eigenvalue weighted by atomic mass is 10.2. The molecule has 0 saturated heterocycles. The van der Waals surface area contributed by atoms with Crippen molar-refractivity contribution >= 4 is 35.5 Å². The lowest BCUT2D eigenvalue weighted by Crippen LogP contribution is -2.18.